The van der Waals surface area contributed by atoms with Crippen LogP contribution in [0.1, 0.15) is 41.5 Å². The number of rotatable bonds is 8. The molecule has 0 saturated heterocycles. The lowest BCUT2D eigenvalue weighted by Gasteiger charge is -2.30. The summed E-state index contributed by atoms with van der Waals surface area (Å²) in [7, 11) is 1.87. The van der Waals surface area contributed by atoms with Crippen LogP contribution in [0.25, 0.3) is 0 Å². The van der Waals surface area contributed by atoms with E-state index in [0.717, 1.165) is 13.1 Å². The van der Waals surface area contributed by atoms with Crippen molar-refractivity contribution in [3.63, 3.8) is 0 Å². The average molecular weight is 272 g/mol. The van der Waals surface area contributed by atoms with Crippen molar-refractivity contribution >= 4 is 5.91 Å². The third-order valence-electron chi connectivity index (χ3n) is 2.59. The number of nitrogens with zero attached hydrogens (tertiary/aromatic N) is 2. The van der Waals surface area contributed by atoms with Crippen molar-refractivity contribution in [1.82, 2.24) is 9.80 Å². The molecule has 0 atom stereocenters. The summed E-state index contributed by atoms with van der Waals surface area (Å²) in [5.41, 5.74) is -0.768. The Balaban J connectivity index is 4.46. The van der Waals surface area contributed by atoms with E-state index >= 15 is 0 Å². The maximum atomic E-state index is 12.3. The Morgan fingerprint density at radius 2 is 1.53 bits per heavy atom. The summed E-state index contributed by atoms with van der Waals surface area (Å²) in [6, 6.07) is 0. The second kappa shape index (κ2) is 7.85. The van der Waals surface area contributed by atoms with Crippen molar-refractivity contribution in [2.24, 2.45) is 11.8 Å². The standard InChI is InChI=1S/C15H32N2O2/c1-12(2)8-17(9-13(3)4)14(18)10-16(7)11-15(5,6)19/h12-13,19H,8-11H2,1-7H3. The highest BCUT2D eigenvalue weighted by molar-refractivity contribution is 5.78. The van der Waals surface area contributed by atoms with Gasteiger partial charge in [0.25, 0.3) is 0 Å². The lowest BCUT2D eigenvalue weighted by Crippen LogP contribution is -2.45. The van der Waals surface area contributed by atoms with Crippen molar-refractivity contribution in [3.05, 3.63) is 0 Å². The Morgan fingerprint density at radius 1 is 1.11 bits per heavy atom. The molecule has 114 valence electrons. The fraction of sp³-hybridized carbons (Fsp3) is 0.933. The molecule has 0 aliphatic carbocycles. The van der Waals surface area contributed by atoms with E-state index in [1.807, 2.05) is 16.8 Å². The number of amides is 1. The number of carbonyl (C=O) groups is 1. The van der Waals surface area contributed by atoms with E-state index in [1.54, 1.807) is 13.8 Å². The maximum Gasteiger partial charge on any atom is 0.236 e. The number of likely N-dealkylation sites (N-methyl/N-ethyl adjacent to an activating group) is 1. The van der Waals surface area contributed by atoms with Crippen LogP contribution in [0.15, 0.2) is 0 Å². The zero-order valence-corrected chi connectivity index (χ0v) is 13.7. The van der Waals surface area contributed by atoms with Crippen molar-refractivity contribution < 1.29 is 9.90 Å². The van der Waals surface area contributed by atoms with Crippen LogP contribution < -0.4 is 0 Å². The quantitative estimate of drug-likeness (QED) is 0.733. The number of hydrogen-bond acceptors (Lipinski definition) is 3. The van der Waals surface area contributed by atoms with Crippen LogP contribution in [0.5, 0.6) is 0 Å². The molecule has 0 aromatic carbocycles. The lowest BCUT2D eigenvalue weighted by molar-refractivity contribution is -0.133. The molecule has 0 unspecified atom stereocenters. The van der Waals surface area contributed by atoms with Crippen molar-refractivity contribution in [2.75, 3.05) is 33.2 Å². The summed E-state index contributed by atoms with van der Waals surface area (Å²) in [6.07, 6.45) is 0. The van der Waals surface area contributed by atoms with Crippen LogP contribution >= 0.6 is 0 Å². The van der Waals surface area contributed by atoms with E-state index in [4.69, 9.17) is 0 Å². The Bertz CT molecular complexity index is 260. The van der Waals surface area contributed by atoms with E-state index in [9.17, 15) is 9.90 Å². The van der Waals surface area contributed by atoms with Crippen LogP contribution in [0.4, 0.5) is 0 Å². The summed E-state index contributed by atoms with van der Waals surface area (Å²) in [5.74, 6) is 1.10. The minimum absolute atomic E-state index is 0.147. The molecule has 4 heteroatoms. The van der Waals surface area contributed by atoms with Gasteiger partial charge < -0.3 is 10.0 Å². The first kappa shape index (κ1) is 18.4. The van der Waals surface area contributed by atoms with Crippen molar-refractivity contribution in [3.8, 4) is 0 Å². The molecule has 1 amide bonds. The minimum atomic E-state index is -0.768. The molecule has 0 aromatic rings. The predicted molar refractivity (Wildman–Crippen MR) is 80.1 cm³/mol. The van der Waals surface area contributed by atoms with Crippen LogP contribution in [0.2, 0.25) is 0 Å². The van der Waals surface area contributed by atoms with Gasteiger partial charge in [0.05, 0.1) is 12.1 Å². The Hall–Kier alpha value is -0.610. The van der Waals surface area contributed by atoms with Gasteiger partial charge in [0.2, 0.25) is 5.91 Å². The van der Waals surface area contributed by atoms with Gasteiger partial charge in [-0.15, -0.1) is 0 Å². The molecule has 0 rings (SSSR count). The molecule has 0 aromatic heterocycles. The first-order valence-corrected chi connectivity index (χ1v) is 7.20. The van der Waals surface area contributed by atoms with E-state index in [0.29, 0.717) is 24.9 Å². The smallest absolute Gasteiger partial charge is 0.236 e. The highest BCUT2D eigenvalue weighted by Gasteiger charge is 2.21. The summed E-state index contributed by atoms with van der Waals surface area (Å²) in [4.78, 5) is 16.1. The third-order valence-corrected chi connectivity index (χ3v) is 2.59. The van der Waals surface area contributed by atoms with Crippen LogP contribution in [-0.2, 0) is 4.79 Å². The zero-order chi connectivity index (χ0) is 15.2. The van der Waals surface area contributed by atoms with Gasteiger partial charge in [0, 0.05) is 19.6 Å². The second-order valence-electron chi connectivity index (χ2n) is 7.07. The van der Waals surface area contributed by atoms with Crippen LogP contribution in [0.3, 0.4) is 0 Å². The predicted octanol–water partition coefficient (Wildman–Crippen LogP) is 1.83. The molecule has 0 aliphatic rings. The second-order valence-corrected chi connectivity index (χ2v) is 7.07. The monoisotopic (exact) mass is 272 g/mol. The number of hydrogen-bond donors (Lipinski definition) is 1. The third kappa shape index (κ3) is 9.91. The fourth-order valence-corrected chi connectivity index (χ4v) is 2.21. The van der Waals surface area contributed by atoms with E-state index < -0.39 is 5.60 Å². The van der Waals surface area contributed by atoms with Gasteiger partial charge in [-0.25, -0.2) is 0 Å². The highest BCUT2D eigenvalue weighted by Crippen LogP contribution is 2.07. The molecule has 4 nitrogen and oxygen atoms in total. The van der Waals surface area contributed by atoms with Crippen molar-refractivity contribution in [2.45, 2.75) is 47.1 Å². The molecular weight excluding hydrogens is 240 g/mol. The maximum absolute atomic E-state index is 12.3. The van der Waals surface area contributed by atoms with Gasteiger partial charge in [-0.3, -0.25) is 9.69 Å². The van der Waals surface area contributed by atoms with E-state index in [2.05, 4.69) is 27.7 Å². The summed E-state index contributed by atoms with van der Waals surface area (Å²) in [5, 5.41) is 9.76. The summed E-state index contributed by atoms with van der Waals surface area (Å²) < 4.78 is 0. The Morgan fingerprint density at radius 3 is 1.84 bits per heavy atom. The normalized spacial score (nSPS) is 12.6. The lowest BCUT2D eigenvalue weighted by atomic mass is 10.1. The SMILES string of the molecule is CC(C)CN(CC(C)C)C(=O)CN(C)CC(C)(C)O. The van der Waals surface area contributed by atoms with E-state index in [1.165, 1.54) is 0 Å². The molecule has 0 saturated carbocycles. The van der Waals surface area contributed by atoms with Crippen LogP contribution in [0, 0.1) is 11.8 Å². The minimum Gasteiger partial charge on any atom is -0.389 e. The molecule has 0 radical (unpaired) electrons. The molecule has 0 spiro atoms. The van der Waals surface area contributed by atoms with Gasteiger partial charge in [-0.2, -0.15) is 0 Å². The Labute approximate surface area is 118 Å². The fourth-order valence-electron chi connectivity index (χ4n) is 2.21. The average Bonchev–Trinajstić information content (AvgIpc) is 2.11. The number of aliphatic hydroxyl groups is 1. The van der Waals surface area contributed by atoms with Gasteiger partial charge >= 0.3 is 0 Å². The molecule has 1 N–H and O–H groups in total. The topological polar surface area (TPSA) is 43.8 Å². The molecule has 0 bridgehead atoms. The molecule has 0 aliphatic heterocycles. The first-order valence-electron chi connectivity index (χ1n) is 7.20. The highest BCUT2D eigenvalue weighted by atomic mass is 16.3. The van der Waals surface area contributed by atoms with Gasteiger partial charge in [-0.1, -0.05) is 27.7 Å². The van der Waals surface area contributed by atoms with E-state index in [-0.39, 0.29) is 5.91 Å². The number of carbonyl (C=O) groups excluding carboxylic acids is 1. The van der Waals surface area contributed by atoms with Crippen molar-refractivity contribution in [1.29, 1.82) is 0 Å². The molecule has 0 fully saturated rings. The van der Waals surface area contributed by atoms with Gasteiger partial charge in [-0.05, 0) is 32.7 Å². The van der Waals surface area contributed by atoms with Gasteiger partial charge in [0.1, 0.15) is 0 Å². The zero-order valence-electron chi connectivity index (χ0n) is 13.7. The largest absolute Gasteiger partial charge is 0.389 e. The summed E-state index contributed by atoms with van der Waals surface area (Å²) >= 11 is 0. The summed E-state index contributed by atoms with van der Waals surface area (Å²) in [6.45, 7) is 14.5. The Kier molecular flexibility index (Phi) is 7.60. The first-order chi connectivity index (χ1) is 8.51. The molecule has 0 heterocycles. The van der Waals surface area contributed by atoms with Gasteiger partial charge in [0.15, 0.2) is 0 Å². The molecular formula is C15H32N2O2. The van der Waals surface area contributed by atoms with Crippen LogP contribution in [-0.4, -0.2) is 59.6 Å². The molecule has 19 heavy (non-hydrogen) atoms.